The monoisotopic (exact) mass is 928 g/mol. The third kappa shape index (κ3) is 21.9. The molecule has 0 saturated heterocycles. The average molecular weight is 929 g/mol. The predicted molar refractivity (Wildman–Crippen MR) is 257 cm³/mol. The molecule has 1 aromatic heterocycles. The van der Waals surface area contributed by atoms with E-state index in [1.165, 1.54) is 83.5 Å². The Morgan fingerprint density at radius 1 is 0.891 bits per heavy atom. The molecule has 0 aliphatic heterocycles. The van der Waals surface area contributed by atoms with Crippen LogP contribution in [0, 0.1) is 16.7 Å². The van der Waals surface area contributed by atoms with Gasteiger partial charge in [-0.05, 0) is 76.4 Å². The van der Waals surface area contributed by atoms with E-state index in [1.807, 2.05) is 26.8 Å². The highest BCUT2D eigenvalue weighted by molar-refractivity contribution is 7.49. The van der Waals surface area contributed by atoms with Gasteiger partial charge in [-0.3, -0.25) is 14.5 Å². The molecule has 0 aliphatic rings. The lowest BCUT2D eigenvalue weighted by atomic mass is 10.00. The number of nitrogens with zero attached hydrogens (tertiary/aromatic N) is 2. The van der Waals surface area contributed by atoms with Gasteiger partial charge in [0.1, 0.15) is 41.6 Å². The zero-order chi connectivity index (χ0) is 46.5. The number of aromatic nitrogens is 1. The summed E-state index contributed by atoms with van der Waals surface area (Å²) in [4.78, 5) is 7.02. The number of benzene rings is 2. The van der Waals surface area contributed by atoms with Crippen LogP contribution in [-0.4, -0.2) is 68.5 Å². The predicted octanol–water partition coefficient (Wildman–Crippen LogP) is 12.9. The number of para-hydroxylation sites is 1. The highest BCUT2D eigenvalue weighted by Crippen LogP contribution is 2.52. The number of hydrogen-bond acceptors (Lipinski definition) is 10. The summed E-state index contributed by atoms with van der Waals surface area (Å²) >= 11 is 6.45. The number of aryl methyl sites for hydroxylation is 1. The van der Waals surface area contributed by atoms with Crippen molar-refractivity contribution in [1.82, 2.24) is 4.98 Å². The Labute approximate surface area is 388 Å². The maximum Gasteiger partial charge on any atom is 0.530 e. The molecule has 1 heterocycles. The van der Waals surface area contributed by atoms with Crippen LogP contribution in [-0.2, 0) is 29.5 Å². The van der Waals surface area contributed by atoms with E-state index in [0.717, 1.165) is 31.3 Å². The average Bonchev–Trinajstić information content (AvgIpc) is 3.77. The van der Waals surface area contributed by atoms with Gasteiger partial charge in [0.25, 0.3) is 0 Å². The van der Waals surface area contributed by atoms with E-state index in [2.05, 4.69) is 23.0 Å². The topological polar surface area (TPSA) is 183 Å². The summed E-state index contributed by atoms with van der Waals surface area (Å²) < 4.78 is 56.9. The Morgan fingerprint density at radius 3 is 2.12 bits per heavy atom. The van der Waals surface area contributed by atoms with Gasteiger partial charge < -0.3 is 34.2 Å². The van der Waals surface area contributed by atoms with Crippen LogP contribution >= 0.6 is 19.4 Å². The molecular formula is C49H75ClN5O8P. The molecule has 356 valence electrons. The number of H-pyrrole nitrogens is 1. The van der Waals surface area contributed by atoms with E-state index in [1.54, 1.807) is 55.6 Å². The number of ether oxygens (including phenoxy) is 4. The Hall–Kier alpha value is -3.89. The van der Waals surface area contributed by atoms with Gasteiger partial charge in [0.05, 0.1) is 47.8 Å². The number of nitrogens with two attached hydrogens (primary N) is 1. The normalized spacial score (nSPS) is 14.1. The molecular weight excluding hydrogens is 853 g/mol. The summed E-state index contributed by atoms with van der Waals surface area (Å²) in [5.74, 6) is 1.12. The second kappa shape index (κ2) is 31.1. The fourth-order valence-electron chi connectivity index (χ4n) is 6.92. The quantitative estimate of drug-likeness (QED) is 0.0218. The summed E-state index contributed by atoms with van der Waals surface area (Å²) in [7, 11) is -2.85. The molecule has 0 amide bonds. The van der Waals surface area contributed by atoms with Crippen LogP contribution in [0.4, 0.5) is 0 Å². The van der Waals surface area contributed by atoms with Crippen LogP contribution in [0.1, 0.15) is 154 Å². The van der Waals surface area contributed by atoms with Gasteiger partial charge >= 0.3 is 7.82 Å². The number of hydrogen-bond donors (Lipinski definition) is 3. The number of nitriles is 1. The van der Waals surface area contributed by atoms with Gasteiger partial charge in [0.15, 0.2) is 0 Å². The first kappa shape index (κ1) is 54.4. The van der Waals surface area contributed by atoms with Crippen molar-refractivity contribution in [2.75, 3.05) is 33.5 Å². The number of amidine groups is 1. The zero-order valence-corrected chi connectivity index (χ0v) is 40.7. The number of phosphoric ester groups is 1. The number of phosphoric acid groups is 1. The molecule has 4 N–H and O–H groups in total. The standard InChI is InChI=1S/C49H75ClN5O8P/c1-6-7-8-9-10-11-12-13-14-15-16-17-18-19-20-23-32-58-35-43(62-42-28-26-40(34-51)47(33-42)61-39(2)3)36-59-64(56,63-46-25-22-21-24-44(46)50)60-37-49(4,57-5)31-30-41-27-29-45(55-41)48(53)54-38-52/h21-22,24-29,33,38-39,43,55H,6-20,23,30-32,35-37H2,1-5H3,(H3,52,53,54)/t43-,49+,64?/m1/s1. The van der Waals surface area contributed by atoms with Crippen molar-refractivity contribution in [1.29, 1.82) is 10.7 Å². The number of unbranched alkanes of at least 4 members (excludes halogenated alkanes) is 15. The first-order valence-electron chi connectivity index (χ1n) is 23.3. The van der Waals surface area contributed by atoms with Gasteiger partial charge in [-0.2, -0.15) is 5.26 Å². The molecule has 1 unspecified atom stereocenters. The van der Waals surface area contributed by atoms with Gasteiger partial charge in [-0.15, -0.1) is 0 Å². The minimum Gasteiger partial charge on any atom is -0.489 e. The van der Waals surface area contributed by atoms with Crippen LogP contribution in [0.25, 0.3) is 0 Å². The molecule has 13 nitrogen and oxygen atoms in total. The Bertz CT molecular complexity index is 1890. The minimum atomic E-state index is -4.40. The molecule has 0 bridgehead atoms. The summed E-state index contributed by atoms with van der Waals surface area (Å²) in [5, 5.41) is 17.1. The number of halogens is 1. The van der Waals surface area contributed by atoms with Crippen LogP contribution in [0.15, 0.2) is 59.6 Å². The summed E-state index contributed by atoms with van der Waals surface area (Å²) in [6.45, 7) is 8.10. The molecule has 0 aliphatic carbocycles. The van der Waals surface area contributed by atoms with Gasteiger partial charge in [-0.25, -0.2) is 9.56 Å². The smallest absolute Gasteiger partial charge is 0.489 e. The van der Waals surface area contributed by atoms with E-state index < -0.39 is 19.5 Å². The summed E-state index contributed by atoms with van der Waals surface area (Å²) in [6.07, 6.45) is 21.5. The van der Waals surface area contributed by atoms with Crippen LogP contribution < -0.4 is 19.7 Å². The number of rotatable bonds is 37. The van der Waals surface area contributed by atoms with Crippen molar-refractivity contribution in [2.24, 2.45) is 10.7 Å². The fraction of sp³-hybridized carbons (Fsp3) is 0.612. The fourth-order valence-corrected chi connectivity index (χ4v) is 8.51. The first-order valence-corrected chi connectivity index (χ1v) is 25.1. The molecule has 0 saturated carbocycles. The highest BCUT2D eigenvalue weighted by Gasteiger charge is 2.36. The molecule has 3 atom stereocenters. The molecule has 64 heavy (non-hydrogen) atoms. The molecule has 0 fully saturated rings. The van der Waals surface area contributed by atoms with E-state index in [-0.39, 0.29) is 42.5 Å². The van der Waals surface area contributed by atoms with Crippen molar-refractivity contribution >= 4 is 31.6 Å². The van der Waals surface area contributed by atoms with Crippen molar-refractivity contribution in [3.05, 3.63) is 76.6 Å². The van der Waals surface area contributed by atoms with Gasteiger partial charge in [0.2, 0.25) is 0 Å². The van der Waals surface area contributed by atoms with Crippen molar-refractivity contribution < 1.29 is 37.1 Å². The Kier molecular flexibility index (Phi) is 26.5. The number of methoxy groups -OCH3 is 1. The zero-order valence-electron chi connectivity index (χ0n) is 39.0. The van der Waals surface area contributed by atoms with E-state index in [0.29, 0.717) is 42.2 Å². The largest absolute Gasteiger partial charge is 0.530 e. The lowest BCUT2D eigenvalue weighted by Crippen LogP contribution is -2.34. The minimum absolute atomic E-state index is 0.119. The Morgan fingerprint density at radius 2 is 1.53 bits per heavy atom. The number of aliphatic imine (C=N–C) groups is 1. The molecule has 2 aromatic carbocycles. The molecule has 0 spiro atoms. The van der Waals surface area contributed by atoms with E-state index >= 15 is 0 Å². The molecule has 0 radical (unpaired) electrons. The SMILES string of the molecule is CCCCCCCCCCCCCCCCCCOC[C@H](COP(=O)(OC[C@](C)(CCc1ccc(C(N)=NC=N)[nH]1)OC)Oc1ccccc1Cl)Oc1ccc(C#N)c(OC(C)C)c1. The maximum atomic E-state index is 14.6. The molecule has 3 aromatic rings. The van der Waals surface area contributed by atoms with Crippen LogP contribution in [0.3, 0.4) is 0 Å². The summed E-state index contributed by atoms with van der Waals surface area (Å²) in [5.41, 5.74) is 6.83. The summed E-state index contributed by atoms with van der Waals surface area (Å²) in [6, 6.07) is 17.4. The number of nitrogens with one attached hydrogen (secondary N) is 2. The van der Waals surface area contributed by atoms with E-state index in [9.17, 15) is 9.83 Å². The van der Waals surface area contributed by atoms with Crippen LogP contribution in [0.2, 0.25) is 5.02 Å². The molecule has 3 rings (SSSR count). The second-order valence-corrected chi connectivity index (χ2v) is 18.8. The van der Waals surface area contributed by atoms with Gasteiger partial charge in [0, 0.05) is 25.5 Å². The first-order chi connectivity index (χ1) is 30.9. The van der Waals surface area contributed by atoms with Gasteiger partial charge in [-0.1, -0.05) is 127 Å². The third-order valence-corrected chi connectivity index (χ3v) is 12.5. The number of aromatic amines is 1. The van der Waals surface area contributed by atoms with Crippen molar-refractivity contribution in [3.63, 3.8) is 0 Å². The highest BCUT2D eigenvalue weighted by atomic mass is 35.5. The van der Waals surface area contributed by atoms with Crippen molar-refractivity contribution in [3.8, 4) is 23.3 Å². The lowest BCUT2D eigenvalue weighted by Gasteiger charge is -2.30. The Balaban J connectivity index is 1.61. The van der Waals surface area contributed by atoms with E-state index in [4.69, 9.17) is 55.3 Å². The van der Waals surface area contributed by atoms with Crippen molar-refractivity contribution in [2.45, 2.75) is 161 Å². The second-order valence-electron chi connectivity index (χ2n) is 16.8. The molecule has 15 heteroatoms. The lowest BCUT2D eigenvalue weighted by molar-refractivity contribution is -0.0462. The maximum absolute atomic E-state index is 14.6. The van der Waals surface area contributed by atoms with Crippen LogP contribution in [0.5, 0.6) is 17.2 Å². The third-order valence-electron chi connectivity index (χ3n) is 10.8.